The van der Waals surface area contributed by atoms with Gasteiger partial charge >= 0.3 is 11.9 Å². The number of carbonyl (C=O) groups is 3. The van der Waals surface area contributed by atoms with Crippen LogP contribution < -0.4 is 5.32 Å². The Labute approximate surface area is 169 Å². The highest BCUT2D eigenvalue weighted by Gasteiger charge is 2.28. The maximum atomic E-state index is 12.9. The summed E-state index contributed by atoms with van der Waals surface area (Å²) in [6.45, 7) is 3.30. The van der Waals surface area contributed by atoms with Crippen molar-refractivity contribution >= 4 is 28.7 Å². The van der Waals surface area contributed by atoms with E-state index in [1.165, 1.54) is 7.11 Å². The lowest BCUT2D eigenvalue weighted by molar-refractivity contribution is -0.147. The fourth-order valence-electron chi connectivity index (χ4n) is 3.66. The Morgan fingerprint density at radius 2 is 1.97 bits per heavy atom. The van der Waals surface area contributed by atoms with Crippen molar-refractivity contribution in [1.82, 2.24) is 10.3 Å². The second-order valence-corrected chi connectivity index (χ2v) is 7.31. The smallest absolute Gasteiger partial charge is 0.339 e. The third kappa shape index (κ3) is 4.39. The van der Waals surface area contributed by atoms with Gasteiger partial charge in [-0.2, -0.15) is 0 Å². The minimum atomic E-state index is -0.776. The normalized spacial score (nSPS) is 14.7. The predicted molar refractivity (Wildman–Crippen MR) is 107 cm³/mol. The lowest BCUT2D eigenvalue weighted by atomic mass is 9.99. The van der Waals surface area contributed by atoms with Crippen LogP contribution in [0.5, 0.6) is 0 Å². The minimum absolute atomic E-state index is 0.102. The van der Waals surface area contributed by atoms with Crippen LogP contribution in [0.25, 0.3) is 10.9 Å². The van der Waals surface area contributed by atoms with Gasteiger partial charge in [0.25, 0.3) is 5.91 Å². The molecule has 1 amide bonds. The van der Waals surface area contributed by atoms with Crippen LogP contribution in [0.2, 0.25) is 0 Å². The molecule has 154 valence electrons. The number of carbonyl (C=O) groups excluding carboxylic acids is 3. The van der Waals surface area contributed by atoms with Crippen molar-refractivity contribution in [1.29, 1.82) is 0 Å². The van der Waals surface area contributed by atoms with Crippen molar-refractivity contribution in [2.45, 2.75) is 45.6 Å². The van der Waals surface area contributed by atoms with Crippen LogP contribution in [0.4, 0.5) is 0 Å². The number of para-hydroxylation sites is 1. The van der Waals surface area contributed by atoms with Gasteiger partial charge in [-0.25, -0.2) is 9.59 Å². The second-order valence-electron chi connectivity index (χ2n) is 7.31. The molecule has 2 aromatic rings. The van der Waals surface area contributed by atoms with Crippen LogP contribution >= 0.6 is 0 Å². The summed E-state index contributed by atoms with van der Waals surface area (Å²) in [5, 5.41) is 3.34. The number of hydrogen-bond acceptors (Lipinski definition) is 6. The van der Waals surface area contributed by atoms with E-state index in [2.05, 4.69) is 10.3 Å². The van der Waals surface area contributed by atoms with Gasteiger partial charge in [0.2, 0.25) is 0 Å². The van der Waals surface area contributed by atoms with Crippen molar-refractivity contribution in [2.24, 2.45) is 5.92 Å². The number of amides is 1. The molecule has 1 heterocycles. The number of ether oxygens (including phenoxy) is 2. The molecule has 0 unspecified atom stereocenters. The topological polar surface area (TPSA) is 94.6 Å². The molecule has 7 heteroatoms. The van der Waals surface area contributed by atoms with Crippen molar-refractivity contribution in [2.75, 3.05) is 13.7 Å². The molecule has 0 aliphatic heterocycles. The number of pyridine rings is 1. The first-order chi connectivity index (χ1) is 14.0. The number of nitrogens with one attached hydrogen (secondary N) is 1. The molecule has 2 atom stereocenters. The molecule has 0 fully saturated rings. The van der Waals surface area contributed by atoms with Crippen molar-refractivity contribution < 1.29 is 23.9 Å². The number of hydrogen-bond donors (Lipinski definition) is 1. The number of esters is 2. The number of rotatable bonds is 7. The van der Waals surface area contributed by atoms with Crippen molar-refractivity contribution in [3.8, 4) is 0 Å². The maximum Gasteiger partial charge on any atom is 0.339 e. The summed E-state index contributed by atoms with van der Waals surface area (Å²) < 4.78 is 10.1. The Morgan fingerprint density at radius 1 is 1.21 bits per heavy atom. The van der Waals surface area contributed by atoms with Crippen LogP contribution in [0.15, 0.2) is 24.3 Å². The molecule has 3 rings (SSSR count). The lowest BCUT2D eigenvalue weighted by Crippen LogP contribution is -2.47. The largest absolute Gasteiger partial charge is 0.467 e. The van der Waals surface area contributed by atoms with Gasteiger partial charge in [0.15, 0.2) is 6.61 Å². The molecule has 1 N–H and O–H groups in total. The summed E-state index contributed by atoms with van der Waals surface area (Å²) >= 11 is 0. The van der Waals surface area contributed by atoms with Crippen LogP contribution in [-0.2, 0) is 31.9 Å². The molecular weight excluding hydrogens is 372 g/mol. The van der Waals surface area contributed by atoms with Gasteiger partial charge in [-0.1, -0.05) is 38.5 Å². The summed E-state index contributed by atoms with van der Waals surface area (Å²) in [4.78, 5) is 41.8. The molecule has 0 bridgehead atoms. The molecule has 0 saturated heterocycles. The molecule has 1 aliphatic rings. The molecule has 1 aliphatic carbocycles. The van der Waals surface area contributed by atoms with Crippen LogP contribution in [0.3, 0.4) is 0 Å². The Balaban J connectivity index is 1.75. The first-order valence-corrected chi connectivity index (χ1v) is 9.91. The average molecular weight is 398 g/mol. The molecule has 0 radical (unpaired) electrons. The standard InChI is InChI=1S/C22H26N2O5/c1-4-13(2)20(22(27)28-3)24-18(25)12-29-21(26)19-14-8-5-6-10-16(14)23-17-11-7-9-15(17)19/h5-6,8,10,13,20H,4,7,9,11-12H2,1-3H3,(H,24,25)/t13-,20+/m1/s1. The van der Waals surface area contributed by atoms with Crippen LogP contribution in [0, 0.1) is 5.92 Å². The number of aryl methyl sites for hydroxylation is 1. The molecule has 0 spiro atoms. The van der Waals surface area contributed by atoms with E-state index < -0.39 is 30.5 Å². The van der Waals surface area contributed by atoms with Crippen molar-refractivity contribution in [3.05, 3.63) is 41.1 Å². The van der Waals surface area contributed by atoms with Gasteiger partial charge in [-0.3, -0.25) is 9.78 Å². The van der Waals surface area contributed by atoms with Gasteiger partial charge in [-0.05, 0) is 36.8 Å². The number of aromatic nitrogens is 1. The Kier molecular flexibility index (Phi) is 6.46. The molecule has 1 aromatic carbocycles. The van der Waals surface area contributed by atoms with E-state index in [1.807, 2.05) is 38.1 Å². The average Bonchev–Trinajstić information content (AvgIpc) is 3.20. The number of nitrogens with zero attached hydrogens (tertiary/aromatic N) is 1. The third-order valence-electron chi connectivity index (χ3n) is 5.44. The monoisotopic (exact) mass is 398 g/mol. The summed E-state index contributed by atoms with van der Waals surface area (Å²) in [7, 11) is 1.28. The summed E-state index contributed by atoms with van der Waals surface area (Å²) in [6, 6.07) is 6.66. The second kappa shape index (κ2) is 9.03. The number of fused-ring (bicyclic) bond motifs is 2. The summed E-state index contributed by atoms with van der Waals surface area (Å²) in [6.07, 6.45) is 3.23. The van der Waals surface area contributed by atoms with Crippen molar-refractivity contribution in [3.63, 3.8) is 0 Å². The number of methoxy groups -OCH3 is 1. The lowest BCUT2D eigenvalue weighted by Gasteiger charge is -2.21. The van der Waals surface area contributed by atoms with Crippen LogP contribution in [-0.4, -0.2) is 42.6 Å². The first-order valence-electron chi connectivity index (χ1n) is 9.91. The van der Waals surface area contributed by atoms with Gasteiger partial charge in [-0.15, -0.1) is 0 Å². The van der Waals surface area contributed by atoms with Gasteiger partial charge in [0.1, 0.15) is 6.04 Å². The van der Waals surface area contributed by atoms with E-state index >= 15 is 0 Å². The Morgan fingerprint density at radius 3 is 2.69 bits per heavy atom. The SMILES string of the molecule is CC[C@@H](C)[C@H](NC(=O)COC(=O)c1c2c(nc3ccccc13)CCC2)C(=O)OC. The Hall–Kier alpha value is -2.96. The fraction of sp³-hybridized carbons (Fsp3) is 0.455. The molecule has 29 heavy (non-hydrogen) atoms. The zero-order valence-corrected chi connectivity index (χ0v) is 17.0. The number of benzene rings is 1. The van der Waals surface area contributed by atoms with E-state index in [4.69, 9.17) is 9.47 Å². The molecule has 0 saturated carbocycles. The molecule has 1 aromatic heterocycles. The molecule has 7 nitrogen and oxygen atoms in total. The van der Waals surface area contributed by atoms with Crippen LogP contribution in [0.1, 0.15) is 48.3 Å². The molecular formula is C22H26N2O5. The predicted octanol–water partition coefficient (Wildman–Crippen LogP) is 2.58. The van der Waals surface area contributed by atoms with E-state index in [1.54, 1.807) is 0 Å². The zero-order chi connectivity index (χ0) is 21.0. The van der Waals surface area contributed by atoms with Gasteiger partial charge in [0, 0.05) is 11.1 Å². The quantitative estimate of drug-likeness (QED) is 0.721. The highest BCUT2D eigenvalue weighted by Crippen LogP contribution is 2.30. The fourth-order valence-corrected chi connectivity index (χ4v) is 3.66. The maximum absolute atomic E-state index is 12.9. The van der Waals surface area contributed by atoms with E-state index in [-0.39, 0.29) is 5.92 Å². The van der Waals surface area contributed by atoms with E-state index in [9.17, 15) is 14.4 Å². The third-order valence-corrected chi connectivity index (χ3v) is 5.44. The summed E-state index contributed by atoms with van der Waals surface area (Å²) in [5.41, 5.74) is 3.05. The minimum Gasteiger partial charge on any atom is -0.467 e. The highest BCUT2D eigenvalue weighted by molar-refractivity contribution is 6.05. The Bertz CT molecular complexity index is 940. The van der Waals surface area contributed by atoms with Gasteiger partial charge < -0.3 is 14.8 Å². The highest BCUT2D eigenvalue weighted by atomic mass is 16.5. The van der Waals surface area contributed by atoms with E-state index in [0.29, 0.717) is 12.0 Å². The summed E-state index contributed by atoms with van der Waals surface area (Å²) in [5.74, 6) is -1.70. The zero-order valence-electron chi connectivity index (χ0n) is 17.0. The van der Waals surface area contributed by atoms with Gasteiger partial charge in [0.05, 0.1) is 18.2 Å². The first kappa shape index (κ1) is 20.8. The van der Waals surface area contributed by atoms with E-state index in [0.717, 1.165) is 41.4 Å².